The summed E-state index contributed by atoms with van der Waals surface area (Å²) in [4.78, 5) is 22.9. The number of likely N-dealkylation sites (N-methyl/N-ethyl adjacent to an activating group) is 1. The number of nitrogens with zero attached hydrogens (tertiary/aromatic N) is 1. The van der Waals surface area contributed by atoms with Gasteiger partial charge in [0, 0.05) is 12.1 Å². The first-order valence-corrected chi connectivity index (χ1v) is 5.34. The first-order chi connectivity index (χ1) is 8.62. The highest BCUT2D eigenvalue weighted by molar-refractivity contribution is 6.30. The van der Waals surface area contributed by atoms with Crippen LogP contribution in [-0.2, 0) is 11.0 Å². The highest BCUT2D eigenvalue weighted by atomic mass is 35.5. The summed E-state index contributed by atoms with van der Waals surface area (Å²) in [6.45, 7) is -0.696. The van der Waals surface area contributed by atoms with Crippen molar-refractivity contribution in [3.8, 4) is 0 Å². The van der Waals surface area contributed by atoms with E-state index in [-0.39, 0.29) is 5.02 Å². The number of rotatable bonds is 3. The number of hydrogen-bond donors (Lipinski definition) is 1. The first kappa shape index (κ1) is 15.3. The highest BCUT2D eigenvalue weighted by Gasteiger charge is 2.36. The van der Waals surface area contributed by atoms with Crippen molar-refractivity contribution in [3.05, 3.63) is 34.3 Å². The molecule has 8 heteroatoms. The van der Waals surface area contributed by atoms with E-state index in [2.05, 4.69) is 0 Å². The number of carboxylic acid groups (broad SMARTS) is 1. The molecular weight excluding hydrogens is 287 g/mol. The Balaban J connectivity index is 3.20. The third-order valence-corrected chi connectivity index (χ3v) is 2.47. The molecule has 0 heterocycles. The second-order valence-corrected chi connectivity index (χ2v) is 4.18. The van der Waals surface area contributed by atoms with Crippen LogP contribution in [0.5, 0.6) is 0 Å². The number of carbonyl (C=O) groups is 2. The van der Waals surface area contributed by atoms with Crippen molar-refractivity contribution in [3.63, 3.8) is 0 Å². The lowest BCUT2D eigenvalue weighted by Gasteiger charge is -2.18. The maximum atomic E-state index is 12.8. The Morgan fingerprint density at radius 3 is 2.42 bits per heavy atom. The molecule has 0 aromatic heterocycles. The maximum Gasteiger partial charge on any atom is 0.417 e. The van der Waals surface area contributed by atoms with E-state index in [1.165, 1.54) is 0 Å². The maximum absolute atomic E-state index is 12.8. The summed E-state index contributed by atoms with van der Waals surface area (Å²) in [5.41, 5.74) is -1.83. The third-order valence-electron chi connectivity index (χ3n) is 2.24. The van der Waals surface area contributed by atoms with Gasteiger partial charge in [-0.3, -0.25) is 9.59 Å². The van der Waals surface area contributed by atoms with Gasteiger partial charge in [-0.2, -0.15) is 13.2 Å². The number of carboxylic acids is 1. The molecule has 1 N–H and O–H groups in total. The van der Waals surface area contributed by atoms with Crippen molar-refractivity contribution in [1.29, 1.82) is 0 Å². The molecule has 0 fully saturated rings. The largest absolute Gasteiger partial charge is 0.480 e. The van der Waals surface area contributed by atoms with Crippen LogP contribution in [0, 0.1) is 0 Å². The molecule has 0 unspecified atom stereocenters. The SMILES string of the molecule is CN(CC(=O)O)C(=O)c1ccc(Cl)cc1C(F)(F)F. The molecule has 1 aromatic carbocycles. The summed E-state index contributed by atoms with van der Waals surface area (Å²) < 4.78 is 38.3. The van der Waals surface area contributed by atoms with Gasteiger partial charge in [-0.25, -0.2) is 0 Å². The van der Waals surface area contributed by atoms with Crippen LogP contribution in [0.3, 0.4) is 0 Å². The number of amides is 1. The van der Waals surface area contributed by atoms with E-state index < -0.39 is 35.7 Å². The minimum Gasteiger partial charge on any atom is -0.480 e. The lowest BCUT2D eigenvalue weighted by Crippen LogP contribution is -2.33. The monoisotopic (exact) mass is 295 g/mol. The molecule has 1 aromatic rings. The van der Waals surface area contributed by atoms with E-state index in [0.29, 0.717) is 11.0 Å². The van der Waals surface area contributed by atoms with E-state index in [9.17, 15) is 22.8 Å². The minimum absolute atomic E-state index is 0.162. The fourth-order valence-electron chi connectivity index (χ4n) is 1.42. The van der Waals surface area contributed by atoms with Crippen LogP contribution in [0.25, 0.3) is 0 Å². The molecule has 0 radical (unpaired) electrons. The molecule has 0 saturated carbocycles. The number of alkyl halides is 3. The molecule has 0 bridgehead atoms. The minimum atomic E-state index is -4.75. The summed E-state index contributed by atoms with van der Waals surface area (Å²) in [6, 6.07) is 2.69. The first-order valence-electron chi connectivity index (χ1n) is 4.97. The number of carbonyl (C=O) groups excluding carboxylic acids is 1. The van der Waals surface area contributed by atoms with E-state index in [1.54, 1.807) is 0 Å². The summed E-state index contributed by atoms with van der Waals surface area (Å²) in [5, 5.41) is 8.35. The van der Waals surface area contributed by atoms with Crippen molar-refractivity contribution in [2.75, 3.05) is 13.6 Å². The Bertz CT molecular complexity index is 516. The quantitative estimate of drug-likeness (QED) is 0.932. The van der Waals surface area contributed by atoms with Crippen LogP contribution < -0.4 is 0 Å². The molecular formula is C11H9ClF3NO3. The standard InChI is InChI=1S/C11H9ClF3NO3/c1-16(5-9(17)18)10(19)7-3-2-6(12)4-8(7)11(13,14)15/h2-4H,5H2,1H3,(H,17,18). The average Bonchev–Trinajstić information content (AvgIpc) is 2.25. The van der Waals surface area contributed by atoms with Crippen LogP contribution >= 0.6 is 11.6 Å². The number of hydrogen-bond acceptors (Lipinski definition) is 2. The molecule has 0 aliphatic rings. The Hall–Kier alpha value is -1.76. The van der Waals surface area contributed by atoms with Crippen molar-refractivity contribution >= 4 is 23.5 Å². The van der Waals surface area contributed by atoms with Crippen molar-refractivity contribution in [2.45, 2.75) is 6.18 Å². The summed E-state index contributed by atoms with van der Waals surface area (Å²) in [7, 11) is 1.10. The topological polar surface area (TPSA) is 57.6 Å². The van der Waals surface area contributed by atoms with E-state index in [1.807, 2.05) is 0 Å². The third kappa shape index (κ3) is 3.85. The zero-order chi connectivity index (χ0) is 14.8. The van der Waals surface area contributed by atoms with Crippen LogP contribution in [0.1, 0.15) is 15.9 Å². The Labute approximate surface area is 111 Å². The normalized spacial score (nSPS) is 11.2. The lowest BCUT2D eigenvalue weighted by molar-refractivity contribution is -0.138. The number of halogens is 4. The summed E-state index contributed by atoms with van der Waals surface area (Å²) >= 11 is 5.47. The smallest absolute Gasteiger partial charge is 0.417 e. The summed E-state index contributed by atoms with van der Waals surface area (Å²) in [5.74, 6) is -2.36. The second kappa shape index (κ2) is 5.48. The molecule has 0 atom stereocenters. The molecule has 19 heavy (non-hydrogen) atoms. The van der Waals surface area contributed by atoms with Crippen molar-refractivity contribution in [2.24, 2.45) is 0 Å². The Morgan fingerprint density at radius 1 is 1.37 bits per heavy atom. The number of benzene rings is 1. The molecule has 0 spiro atoms. The van der Waals surface area contributed by atoms with Crippen LogP contribution in [0.4, 0.5) is 13.2 Å². The fourth-order valence-corrected chi connectivity index (χ4v) is 1.59. The molecule has 104 valence electrons. The molecule has 0 aliphatic heterocycles. The van der Waals surface area contributed by atoms with Crippen molar-refractivity contribution < 1.29 is 27.9 Å². The molecule has 0 aliphatic carbocycles. The van der Waals surface area contributed by atoms with Gasteiger partial charge in [0.1, 0.15) is 6.54 Å². The highest BCUT2D eigenvalue weighted by Crippen LogP contribution is 2.34. The van der Waals surface area contributed by atoms with Gasteiger partial charge in [0.15, 0.2) is 0 Å². The van der Waals surface area contributed by atoms with Gasteiger partial charge in [0.05, 0.1) is 11.1 Å². The van der Waals surface area contributed by atoms with Gasteiger partial charge >= 0.3 is 12.1 Å². The van der Waals surface area contributed by atoms with Gasteiger partial charge in [0.25, 0.3) is 5.91 Å². The fraction of sp³-hybridized carbons (Fsp3) is 0.273. The predicted octanol–water partition coefficient (Wildman–Crippen LogP) is 2.52. The van der Waals surface area contributed by atoms with Crippen molar-refractivity contribution in [1.82, 2.24) is 4.90 Å². The number of aliphatic carboxylic acids is 1. The Kier molecular flexibility index (Phi) is 4.41. The van der Waals surface area contributed by atoms with E-state index in [0.717, 1.165) is 19.2 Å². The van der Waals surface area contributed by atoms with Crippen LogP contribution in [0.2, 0.25) is 5.02 Å². The molecule has 1 rings (SSSR count). The molecule has 4 nitrogen and oxygen atoms in total. The zero-order valence-electron chi connectivity index (χ0n) is 9.66. The van der Waals surface area contributed by atoms with Gasteiger partial charge in [-0.05, 0) is 18.2 Å². The average molecular weight is 296 g/mol. The van der Waals surface area contributed by atoms with Gasteiger partial charge in [-0.1, -0.05) is 11.6 Å². The summed E-state index contributed by atoms with van der Waals surface area (Å²) in [6.07, 6.45) is -4.75. The van der Waals surface area contributed by atoms with Gasteiger partial charge < -0.3 is 10.0 Å². The van der Waals surface area contributed by atoms with E-state index in [4.69, 9.17) is 16.7 Å². The van der Waals surface area contributed by atoms with Crippen LogP contribution in [0.15, 0.2) is 18.2 Å². The van der Waals surface area contributed by atoms with E-state index >= 15 is 0 Å². The van der Waals surface area contributed by atoms with Gasteiger partial charge in [0.2, 0.25) is 0 Å². The van der Waals surface area contributed by atoms with Gasteiger partial charge in [-0.15, -0.1) is 0 Å². The predicted molar refractivity (Wildman–Crippen MR) is 61.1 cm³/mol. The zero-order valence-corrected chi connectivity index (χ0v) is 10.4. The Morgan fingerprint density at radius 2 is 1.95 bits per heavy atom. The van der Waals surface area contributed by atoms with Crippen LogP contribution in [-0.4, -0.2) is 35.5 Å². The second-order valence-electron chi connectivity index (χ2n) is 3.74. The molecule has 1 amide bonds. The molecule has 0 saturated heterocycles. The lowest BCUT2D eigenvalue weighted by atomic mass is 10.1.